The van der Waals surface area contributed by atoms with Crippen molar-refractivity contribution >= 4 is 45.8 Å². The average Bonchev–Trinajstić information content (AvgIpc) is 3.45. The highest BCUT2D eigenvalue weighted by Gasteiger charge is 2.68. The number of rotatable bonds is 4. The first kappa shape index (κ1) is 28.4. The number of aryl methyl sites for hydroxylation is 1. The molecule has 4 aliphatic rings. The lowest BCUT2D eigenvalue weighted by Gasteiger charge is -2.49. The first-order valence-electron chi connectivity index (χ1n) is 16.1. The quantitative estimate of drug-likeness (QED) is 0.209. The summed E-state index contributed by atoms with van der Waals surface area (Å²) in [4.78, 5) is 60.0. The highest BCUT2D eigenvalue weighted by molar-refractivity contribution is 6.25. The van der Waals surface area contributed by atoms with Gasteiger partial charge in [0.1, 0.15) is 5.75 Å². The number of aromatic hydroxyl groups is 1. The van der Waals surface area contributed by atoms with Crippen LogP contribution in [0, 0.1) is 29.1 Å². The van der Waals surface area contributed by atoms with Crippen molar-refractivity contribution in [1.29, 1.82) is 0 Å². The molecule has 4 aromatic carbocycles. The summed E-state index contributed by atoms with van der Waals surface area (Å²) in [5, 5.41) is 13.3. The molecule has 4 amide bonds. The standard InChI is InChI=1S/C39H34N2O5/c1-3-22-13-16-25(17-14-22)40-35(43)28-19-18-27-29(32(28)37(40)45)21-30-36(44)41(24-10-5-4-6-11-24)38(46)39(30,2)34(27)33-26-12-8-7-9-23(26)15-20-31(33)42/h4-18,20,28-30,32,34,42H,3,19,21H2,1-2H3/t28-,29+,30-,32-,34+,39+/m0/s1. The van der Waals surface area contributed by atoms with Crippen LogP contribution in [0.5, 0.6) is 5.75 Å². The van der Waals surface area contributed by atoms with Crippen molar-refractivity contribution in [3.8, 4) is 5.75 Å². The van der Waals surface area contributed by atoms with Crippen LogP contribution in [-0.4, -0.2) is 28.7 Å². The number of carbonyl (C=O) groups is 4. The molecular formula is C39H34N2O5. The van der Waals surface area contributed by atoms with Crippen molar-refractivity contribution in [2.75, 3.05) is 9.80 Å². The number of amides is 4. The molecule has 46 heavy (non-hydrogen) atoms. The Bertz CT molecular complexity index is 1980. The molecule has 230 valence electrons. The molecule has 7 nitrogen and oxygen atoms in total. The van der Waals surface area contributed by atoms with Crippen molar-refractivity contribution in [3.05, 3.63) is 114 Å². The van der Waals surface area contributed by atoms with Crippen molar-refractivity contribution in [3.63, 3.8) is 0 Å². The normalized spacial score (nSPS) is 28.7. The van der Waals surface area contributed by atoms with Crippen LogP contribution in [0.3, 0.4) is 0 Å². The number of fused-ring (bicyclic) bond motifs is 5. The van der Waals surface area contributed by atoms with Crippen molar-refractivity contribution in [1.82, 2.24) is 0 Å². The van der Waals surface area contributed by atoms with E-state index in [1.807, 2.05) is 73.7 Å². The van der Waals surface area contributed by atoms with E-state index >= 15 is 0 Å². The lowest BCUT2D eigenvalue weighted by Crippen LogP contribution is -2.49. The van der Waals surface area contributed by atoms with Crippen LogP contribution in [0.4, 0.5) is 11.4 Å². The van der Waals surface area contributed by atoms with Gasteiger partial charge in [-0.1, -0.05) is 79.2 Å². The Kier molecular flexibility index (Phi) is 6.33. The predicted octanol–water partition coefficient (Wildman–Crippen LogP) is 6.54. The number of para-hydroxylation sites is 1. The van der Waals surface area contributed by atoms with Gasteiger partial charge < -0.3 is 5.11 Å². The molecule has 2 saturated heterocycles. The van der Waals surface area contributed by atoms with E-state index in [2.05, 4.69) is 6.92 Å². The number of allylic oxidation sites excluding steroid dienone is 2. The fourth-order valence-corrected chi connectivity index (χ4v) is 8.87. The maximum absolute atomic E-state index is 14.7. The van der Waals surface area contributed by atoms with E-state index < -0.39 is 35.0 Å². The minimum atomic E-state index is -1.23. The van der Waals surface area contributed by atoms with E-state index in [0.717, 1.165) is 28.3 Å². The third kappa shape index (κ3) is 3.77. The van der Waals surface area contributed by atoms with E-state index in [-0.39, 0.29) is 35.8 Å². The summed E-state index contributed by atoms with van der Waals surface area (Å²) >= 11 is 0. The van der Waals surface area contributed by atoms with Gasteiger partial charge in [0, 0.05) is 11.5 Å². The number of hydrogen-bond acceptors (Lipinski definition) is 5. The number of hydrogen-bond donors (Lipinski definition) is 1. The van der Waals surface area contributed by atoms with Gasteiger partial charge in [-0.3, -0.25) is 24.1 Å². The van der Waals surface area contributed by atoms with Crippen LogP contribution in [0.2, 0.25) is 0 Å². The van der Waals surface area contributed by atoms with Gasteiger partial charge in [-0.25, -0.2) is 4.90 Å². The summed E-state index contributed by atoms with van der Waals surface area (Å²) in [5.74, 6) is -4.22. The summed E-state index contributed by atoms with van der Waals surface area (Å²) in [6.07, 6.45) is 3.48. The van der Waals surface area contributed by atoms with Crippen molar-refractivity contribution in [2.45, 2.75) is 39.0 Å². The summed E-state index contributed by atoms with van der Waals surface area (Å²) in [6.45, 7) is 3.90. The topological polar surface area (TPSA) is 95.0 Å². The number of nitrogens with zero attached hydrogens (tertiary/aromatic N) is 2. The lowest BCUT2D eigenvalue weighted by atomic mass is 9.51. The molecule has 0 aromatic heterocycles. The van der Waals surface area contributed by atoms with E-state index in [1.54, 1.807) is 30.3 Å². The van der Waals surface area contributed by atoms with Gasteiger partial charge in [-0.05, 0) is 78.8 Å². The van der Waals surface area contributed by atoms with Gasteiger partial charge in [0.25, 0.3) is 0 Å². The number of carbonyl (C=O) groups excluding carboxylic acids is 4. The Morgan fingerprint density at radius 3 is 2.20 bits per heavy atom. The zero-order valence-corrected chi connectivity index (χ0v) is 25.7. The second kappa shape index (κ2) is 10.2. The number of imide groups is 2. The molecule has 0 spiro atoms. The Hall–Kier alpha value is -5.04. The zero-order chi connectivity index (χ0) is 31.9. The molecule has 0 radical (unpaired) electrons. The molecule has 8 rings (SSSR count). The second-order valence-corrected chi connectivity index (χ2v) is 13.2. The van der Waals surface area contributed by atoms with Crippen molar-refractivity contribution < 1.29 is 24.3 Å². The number of anilines is 2. The van der Waals surface area contributed by atoms with Crippen LogP contribution in [0.25, 0.3) is 10.8 Å². The second-order valence-electron chi connectivity index (χ2n) is 13.2. The Morgan fingerprint density at radius 1 is 0.761 bits per heavy atom. The van der Waals surface area contributed by atoms with Crippen LogP contribution in [0.15, 0.2) is 103 Å². The summed E-state index contributed by atoms with van der Waals surface area (Å²) in [5.41, 5.74) is 2.37. The third-order valence-electron chi connectivity index (χ3n) is 11.1. The summed E-state index contributed by atoms with van der Waals surface area (Å²) < 4.78 is 0. The first-order valence-corrected chi connectivity index (χ1v) is 16.1. The van der Waals surface area contributed by atoms with E-state index in [0.29, 0.717) is 23.4 Å². The molecule has 1 saturated carbocycles. The van der Waals surface area contributed by atoms with Gasteiger partial charge >= 0.3 is 0 Å². The molecular weight excluding hydrogens is 576 g/mol. The van der Waals surface area contributed by atoms with Crippen LogP contribution < -0.4 is 9.80 Å². The Labute approximate surface area is 267 Å². The van der Waals surface area contributed by atoms with Gasteiger partial charge in [0.05, 0.1) is 34.5 Å². The van der Waals surface area contributed by atoms with Gasteiger partial charge in [0.2, 0.25) is 23.6 Å². The van der Waals surface area contributed by atoms with Gasteiger partial charge in [0.15, 0.2) is 0 Å². The first-order chi connectivity index (χ1) is 22.3. The van der Waals surface area contributed by atoms with Crippen LogP contribution in [0.1, 0.15) is 43.7 Å². The average molecular weight is 611 g/mol. The molecule has 7 heteroatoms. The lowest BCUT2D eigenvalue weighted by molar-refractivity contribution is -0.131. The number of phenols is 1. The Balaban J connectivity index is 1.31. The van der Waals surface area contributed by atoms with Crippen LogP contribution in [-0.2, 0) is 25.6 Å². The fourth-order valence-electron chi connectivity index (χ4n) is 8.87. The molecule has 1 N–H and O–H groups in total. The highest BCUT2D eigenvalue weighted by Crippen LogP contribution is 2.65. The third-order valence-corrected chi connectivity index (χ3v) is 11.1. The van der Waals surface area contributed by atoms with Gasteiger partial charge in [-0.15, -0.1) is 0 Å². The fraction of sp³-hybridized carbons (Fsp3) is 0.282. The number of phenolic OH excluding ortho intramolecular Hbond substituents is 1. The smallest absolute Gasteiger partial charge is 0.241 e. The molecule has 2 aliphatic carbocycles. The maximum Gasteiger partial charge on any atom is 0.241 e. The zero-order valence-electron chi connectivity index (χ0n) is 25.7. The van der Waals surface area contributed by atoms with Gasteiger partial charge in [-0.2, -0.15) is 0 Å². The highest BCUT2D eigenvalue weighted by atomic mass is 16.3. The SMILES string of the molecule is CCc1ccc(N2C(=O)[C@H]3[C@H](CC=C4[C@H]3C[C@H]3C(=O)N(c5ccccc5)C(=O)[C@@]3(C)[C@H]4c3c(O)ccc4ccccc34)C2=O)cc1. The maximum atomic E-state index is 14.7. The number of benzene rings is 4. The molecule has 3 fully saturated rings. The monoisotopic (exact) mass is 610 g/mol. The molecule has 0 unspecified atom stereocenters. The summed E-state index contributed by atoms with van der Waals surface area (Å²) in [7, 11) is 0. The summed E-state index contributed by atoms with van der Waals surface area (Å²) in [6, 6.07) is 27.7. The predicted molar refractivity (Wildman–Crippen MR) is 175 cm³/mol. The molecule has 2 heterocycles. The van der Waals surface area contributed by atoms with E-state index in [4.69, 9.17) is 0 Å². The van der Waals surface area contributed by atoms with E-state index in [1.165, 1.54) is 9.80 Å². The molecule has 2 aliphatic heterocycles. The minimum Gasteiger partial charge on any atom is -0.508 e. The molecule has 4 aromatic rings. The van der Waals surface area contributed by atoms with E-state index in [9.17, 15) is 24.3 Å². The molecule has 6 atom stereocenters. The molecule has 0 bridgehead atoms. The Morgan fingerprint density at radius 2 is 1.46 bits per heavy atom. The largest absolute Gasteiger partial charge is 0.508 e. The van der Waals surface area contributed by atoms with Crippen LogP contribution >= 0.6 is 0 Å². The minimum absolute atomic E-state index is 0.0391. The van der Waals surface area contributed by atoms with Crippen molar-refractivity contribution in [2.24, 2.45) is 29.1 Å².